The summed E-state index contributed by atoms with van der Waals surface area (Å²) in [5, 5.41) is 2.75. The molecule has 1 aromatic carbocycles. The van der Waals surface area contributed by atoms with Crippen molar-refractivity contribution < 1.29 is 35.9 Å². The number of carbonyl (C=O) groups excluding carboxylic acids is 2. The van der Waals surface area contributed by atoms with Crippen molar-refractivity contribution in [3.8, 4) is 0 Å². The molecule has 2 fully saturated rings. The van der Waals surface area contributed by atoms with Gasteiger partial charge in [-0.2, -0.15) is 13.2 Å². The van der Waals surface area contributed by atoms with E-state index in [2.05, 4.69) is 10.3 Å². The molecule has 0 spiro atoms. The third-order valence-electron chi connectivity index (χ3n) is 7.44. The molecule has 4 rings (SSSR count). The number of hydrogen-bond donors (Lipinski definition) is 1. The molecule has 0 bridgehead atoms. The van der Waals surface area contributed by atoms with E-state index in [9.17, 15) is 31.2 Å². The zero-order chi connectivity index (χ0) is 27.8. The topological polar surface area (TPSA) is 106 Å². The van der Waals surface area contributed by atoms with Crippen LogP contribution in [0.15, 0.2) is 47.6 Å². The molecule has 4 atom stereocenters. The first-order valence-corrected chi connectivity index (χ1v) is 14.1. The molecule has 3 heterocycles. The molecule has 2 amide bonds. The lowest BCUT2D eigenvalue weighted by Gasteiger charge is -2.36. The number of halogens is 3. The molecule has 2 aliphatic heterocycles. The van der Waals surface area contributed by atoms with Gasteiger partial charge in [0, 0.05) is 23.7 Å². The van der Waals surface area contributed by atoms with E-state index in [1.165, 1.54) is 42.3 Å². The van der Waals surface area contributed by atoms with Gasteiger partial charge in [-0.25, -0.2) is 13.4 Å². The Morgan fingerprint density at radius 2 is 1.82 bits per heavy atom. The Bertz CT molecular complexity index is 1300. The van der Waals surface area contributed by atoms with Crippen LogP contribution in [0.2, 0.25) is 0 Å². The number of amides is 2. The lowest BCUT2D eigenvalue weighted by Crippen LogP contribution is -2.51. The van der Waals surface area contributed by atoms with Crippen molar-refractivity contribution in [1.82, 2.24) is 15.2 Å². The minimum atomic E-state index is -4.48. The van der Waals surface area contributed by atoms with Gasteiger partial charge in [-0.15, -0.1) is 0 Å². The van der Waals surface area contributed by atoms with Gasteiger partial charge in [-0.3, -0.25) is 9.59 Å². The predicted molar refractivity (Wildman–Crippen MR) is 132 cm³/mol. The average molecular weight is 554 g/mol. The number of benzene rings is 1. The van der Waals surface area contributed by atoms with Crippen molar-refractivity contribution in [3.05, 3.63) is 59.3 Å². The van der Waals surface area contributed by atoms with Crippen molar-refractivity contribution in [2.45, 2.75) is 56.5 Å². The second-order valence-electron chi connectivity index (χ2n) is 9.87. The highest BCUT2D eigenvalue weighted by Crippen LogP contribution is 2.35. The molecule has 1 N–H and O–H groups in total. The number of nitrogens with zero attached hydrogens (tertiary/aromatic N) is 2. The molecule has 0 unspecified atom stereocenters. The number of hydrogen-bond acceptors (Lipinski definition) is 6. The van der Waals surface area contributed by atoms with E-state index in [0.29, 0.717) is 25.2 Å². The smallest absolute Gasteiger partial charge is 0.381 e. The van der Waals surface area contributed by atoms with E-state index in [1.54, 1.807) is 0 Å². The van der Waals surface area contributed by atoms with Gasteiger partial charge in [0.25, 0.3) is 5.91 Å². The summed E-state index contributed by atoms with van der Waals surface area (Å²) in [5.41, 5.74) is -0.161. The Labute approximate surface area is 219 Å². The number of aromatic nitrogens is 1. The summed E-state index contributed by atoms with van der Waals surface area (Å²) in [7, 11) is -3.64. The summed E-state index contributed by atoms with van der Waals surface area (Å²) in [6, 6.07) is 5.55. The molecular weight excluding hydrogens is 523 g/mol. The first-order valence-electron chi connectivity index (χ1n) is 12.4. The number of alkyl halides is 3. The summed E-state index contributed by atoms with van der Waals surface area (Å²) in [4.78, 5) is 32.5. The summed E-state index contributed by atoms with van der Waals surface area (Å²) < 4.78 is 69.0. The fraction of sp³-hybridized carbons (Fsp3) is 0.500. The number of pyridine rings is 1. The van der Waals surface area contributed by atoms with Crippen LogP contribution < -0.4 is 5.32 Å². The van der Waals surface area contributed by atoms with Gasteiger partial charge in [-0.05, 0) is 49.1 Å². The number of ether oxygens (including phenoxy) is 1. The van der Waals surface area contributed by atoms with E-state index >= 15 is 0 Å². The molecule has 206 valence electrons. The van der Waals surface area contributed by atoms with E-state index < -0.39 is 45.5 Å². The molecule has 12 heteroatoms. The van der Waals surface area contributed by atoms with Crippen LogP contribution in [-0.2, 0) is 25.5 Å². The fourth-order valence-corrected chi connectivity index (χ4v) is 5.66. The first-order chi connectivity index (χ1) is 17.8. The number of sulfone groups is 1. The zero-order valence-electron chi connectivity index (χ0n) is 21.2. The van der Waals surface area contributed by atoms with Gasteiger partial charge >= 0.3 is 6.18 Å². The second-order valence-corrected chi connectivity index (χ2v) is 12.1. The number of likely N-dealkylation sites (tertiary alicyclic amines) is 1. The molecule has 0 aliphatic carbocycles. The molecule has 2 aromatic rings. The average Bonchev–Trinajstić information content (AvgIpc) is 3.15. The zero-order valence-corrected chi connectivity index (χ0v) is 22.1. The lowest BCUT2D eigenvalue weighted by atomic mass is 9.90. The van der Waals surface area contributed by atoms with E-state index in [0.717, 1.165) is 12.1 Å². The highest BCUT2D eigenvalue weighted by molar-refractivity contribution is 7.91. The monoisotopic (exact) mass is 553 g/mol. The van der Waals surface area contributed by atoms with Crippen LogP contribution in [0.5, 0.6) is 0 Å². The van der Waals surface area contributed by atoms with Crippen LogP contribution >= 0.6 is 0 Å². The number of rotatable bonds is 7. The Kier molecular flexibility index (Phi) is 7.85. The maximum absolute atomic E-state index is 13.6. The summed E-state index contributed by atoms with van der Waals surface area (Å²) in [6.45, 7) is 5.92. The summed E-state index contributed by atoms with van der Waals surface area (Å²) in [5.74, 6) is -1.24. The van der Waals surface area contributed by atoms with Gasteiger partial charge in [0.2, 0.25) is 5.91 Å². The van der Waals surface area contributed by atoms with Crippen molar-refractivity contribution in [2.75, 3.05) is 19.0 Å². The van der Waals surface area contributed by atoms with Crippen LogP contribution in [0.3, 0.4) is 0 Å². The van der Waals surface area contributed by atoms with E-state index in [-0.39, 0.29) is 34.2 Å². The van der Waals surface area contributed by atoms with Gasteiger partial charge in [0.15, 0.2) is 14.9 Å². The quantitative estimate of drug-likeness (QED) is 0.562. The maximum atomic E-state index is 13.6. The lowest BCUT2D eigenvalue weighted by molar-refractivity contribution is -0.137. The summed E-state index contributed by atoms with van der Waals surface area (Å²) >= 11 is 0. The Balaban J connectivity index is 1.59. The van der Waals surface area contributed by atoms with Gasteiger partial charge in [0.05, 0.1) is 30.6 Å². The van der Waals surface area contributed by atoms with Crippen LogP contribution in [0.1, 0.15) is 54.7 Å². The van der Waals surface area contributed by atoms with Gasteiger partial charge in [-0.1, -0.05) is 26.0 Å². The molecule has 2 saturated heterocycles. The first kappa shape index (κ1) is 28.0. The SMILES string of the molecule is CCS(=O)(=O)c1cc(C(=O)N2[C@@H](C(=O)N[C@@H](c3ccc(C(F)(F)F)cc3)C3COC3)C[C@@H](C)[C@H]2C)ccn1. The van der Waals surface area contributed by atoms with Gasteiger partial charge in [0.1, 0.15) is 6.04 Å². The number of carbonyl (C=O) groups is 2. The third kappa shape index (κ3) is 5.56. The largest absolute Gasteiger partial charge is 0.416 e. The van der Waals surface area contributed by atoms with Crippen LogP contribution in [0.4, 0.5) is 13.2 Å². The Morgan fingerprint density at radius 3 is 2.37 bits per heavy atom. The molecular formula is C26H30F3N3O5S. The van der Waals surface area contributed by atoms with Crippen molar-refractivity contribution in [3.63, 3.8) is 0 Å². The Hall–Kier alpha value is -2.99. The molecule has 1 aromatic heterocycles. The molecule has 2 aliphatic rings. The highest BCUT2D eigenvalue weighted by atomic mass is 32.2. The molecule has 0 saturated carbocycles. The number of nitrogens with one attached hydrogen (secondary N) is 1. The second kappa shape index (κ2) is 10.6. The minimum absolute atomic E-state index is 0.0214. The van der Waals surface area contributed by atoms with Crippen LogP contribution in [-0.4, -0.2) is 61.2 Å². The van der Waals surface area contributed by atoms with Crippen LogP contribution in [0, 0.1) is 11.8 Å². The maximum Gasteiger partial charge on any atom is 0.416 e. The molecule has 38 heavy (non-hydrogen) atoms. The molecule has 8 nitrogen and oxygen atoms in total. The van der Waals surface area contributed by atoms with E-state index in [4.69, 9.17) is 4.74 Å². The molecule has 0 radical (unpaired) electrons. The highest BCUT2D eigenvalue weighted by Gasteiger charge is 2.44. The summed E-state index contributed by atoms with van der Waals surface area (Å²) in [6.07, 6.45) is -2.84. The van der Waals surface area contributed by atoms with Crippen molar-refractivity contribution >= 4 is 21.7 Å². The predicted octanol–water partition coefficient (Wildman–Crippen LogP) is 3.64. The standard InChI is InChI=1S/C26H30F3N3O5S/c1-4-38(35,36)22-12-18(9-10-30-22)25(34)32-16(3)15(2)11-21(32)24(33)31-23(19-13-37-14-19)17-5-7-20(8-6-17)26(27,28)29/h5-10,12,15-16,19,21,23H,4,11,13-14H2,1-3H3,(H,31,33)/t15-,16-,21-,23+/m1/s1. The Morgan fingerprint density at radius 1 is 1.16 bits per heavy atom. The fourth-order valence-electron chi connectivity index (χ4n) is 4.84. The van der Waals surface area contributed by atoms with Gasteiger partial charge < -0.3 is 15.0 Å². The third-order valence-corrected chi connectivity index (χ3v) is 9.06. The normalized spacial score (nSPS) is 23.1. The van der Waals surface area contributed by atoms with Crippen molar-refractivity contribution in [1.29, 1.82) is 0 Å². The van der Waals surface area contributed by atoms with Crippen LogP contribution in [0.25, 0.3) is 0 Å². The van der Waals surface area contributed by atoms with E-state index in [1.807, 2.05) is 13.8 Å². The van der Waals surface area contributed by atoms with Crippen molar-refractivity contribution in [2.24, 2.45) is 11.8 Å². The minimum Gasteiger partial charge on any atom is -0.381 e.